The van der Waals surface area contributed by atoms with E-state index in [9.17, 15) is 4.79 Å². The van der Waals surface area contributed by atoms with Gasteiger partial charge in [-0.15, -0.1) is 18.2 Å². The van der Waals surface area contributed by atoms with Crippen molar-refractivity contribution in [1.29, 1.82) is 0 Å². The van der Waals surface area contributed by atoms with E-state index in [1.165, 1.54) is 11.8 Å². The fourth-order valence-electron chi connectivity index (χ4n) is 1.11. The van der Waals surface area contributed by atoms with Gasteiger partial charge in [-0.05, 0) is 19.1 Å². The number of amides is 1. The Morgan fingerprint density at radius 3 is 2.65 bits per heavy atom. The first-order chi connectivity index (χ1) is 8.06. The molecule has 5 heteroatoms. The highest BCUT2D eigenvalue weighted by molar-refractivity contribution is 8.00. The number of carbonyl (C=O) groups is 1. The van der Waals surface area contributed by atoms with Crippen LogP contribution in [0.3, 0.4) is 0 Å². The van der Waals surface area contributed by atoms with Crippen LogP contribution in [-0.2, 0) is 4.79 Å². The number of thioether (sulfide) groups is 1. The van der Waals surface area contributed by atoms with Gasteiger partial charge >= 0.3 is 0 Å². The van der Waals surface area contributed by atoms with Crippen LogP contribution in [-0.4, -0.2) is 17.7 Å². The van der Waals surface area contributed by atoms with Crippen LogP contribution in [0.1, 0.15) is 6.92 Å². The van der Waals surface area contributed by atoms with Crippen molar-refractivity contribution in [2.45, 2.75) is 17.1 Å². The fraction of sp³-hybridized carbons (Fsp3) is 0.250. The van der Waals surface area contributed by atoms with E-state index in [1.807, 2.05) is 0 Å². The molecule has 0 aromatic heterocycles. The lowest BCUT2D eigenvalue weighted by Gasteiger charge is -2.12. The van der Waals surface area contributed by atoms with Gasteiger partial charge in [0.2, 0.25) is 5.91 Å². The summed E-state index contributed by atoms with van der Waals surface area (Å²) >= 11 is 13.3. The molecule has 1 atom stereocenters. The van der Waals surface area contributed by atoms with Crippen LogP contribution in [0, 0.1) is 12.3 Å². The first kappa shape index (κ1) is 14.2. The standard InChI is InChI=1S/C12H11Cl2NOS/c1-3-7-15-12(16)8(2)17-11-9(13)5-4-6-10(11)14/h1,4-6,8H,7H2,2H3,(H,15,16). The van der Waals surface area contributed by atoms with Crippen molar-refractivity contribution in [3.63, 3.8) is 0 Å². The number of nitrogens with one attached hydrogen (secondary N) is 1. The predicted molar refractivity (Wildman–Crippen MR) is 73.6 cm³/mol. The van der Waals surface area contributed by atoms with Crippen LogP contribution in [0.4, 0.5) is 0 Å². The van der Waals surface area contributed by atoms with Crippen molar-refractivity contribution in [2.75, 3.05) is 6.54 Å². The Balaban J connectivity index is 2.71. The van der Waals surface area contributed by atoms with Crippen molar-refractivity contribution in [3.8, 4) is 12.3 Å². The van der Waals surface area contributed by atoms with Gasteiger partial charge in [-0.2, -0.15) is 0 Å². The van der Waals surface area contributed by atoms with Crippen molar-refractivity contribution in [2.24, 2.45) is 0 Å². The Morgan fingerprint density at radius 2 is 2.12 bits per heavy atom. The lowest BCUT2D eigenvalue weighted by Crippen LogP contribution is -2.31. The van der Waals surface area contributed by atoms with E-state index in [0.29, 0.717) is 14.9 Å². The van der Waals surface area contributed by atoms with E-state index in [-0.39, 0.29) is 17.7 Å². The van der Waals surface area contributed by atoms with Gasteiger partial charge in [0.05, 0.1) is 21.8 Å². The molecule has 2 nitrogen and oxygen atoms in total. The fourth-order valence-corrected chi connectivity index (χ4v) is 2.68. The molecule has 1 amide bonds. The van der Waals surface area contributed by atoms with Gasteiger partial charge in [0.25, 0.3) is 0 Å². The van der Waals surface area contributed by atoms with Crippen LogP contribution in [0.5, 0.6) is 0 Å². The Bertz CT molecular complexity index is 436. The first-order valence-electron chi connectivity index (χ1n) is 4.88. The number of hydrogen-bond donors (Lipinski definition) is 1. The maximum Gasteiger partial charge on any atom is 0.233 e. The number of rotatable bonds is 4. The SMILES string of the molecule is C#CCNC(=O)C(C)Sc1c(Cl)cccc1Cl. The molecule has 0 aliphatic heterocycles. The molecule has 0 bridgehead atoms. The Kier molecular flexibility index (Phi) is 5.70. The topological polar surface area (TPSA) is 29.1 Å². The highest BCUT2D eigenvalue weighted by atomic mass is 35.5. The summed E-state index contributed by atoms with van der Waals surface area (Å²) in [5.41, 5.74) is 0. The number of halogens is 2. The Morgan fingerprint density at radius 1 is 1.53 bits per heavy atom. The van der Waals surface area contributed by atoms with Crippen molar-refractivity contribution in [1.82, 2.24) is 5.32 Å². The minimum absolute atomic E-state index is 0.135. The second-order valence-corrected chi connectivity index (χ2v) is 5.40. The summed E-state index contributed by atoms with van der Waals surface area (Å²) in [5.74, 6) is 2.21. The first-order valence-corrected chi connectivity index (χ1v) is 6.51. The summed E-state index contributed by atoms with van der Waals surface area (Å²) in [7, 11) is 0. The maximum absolute atomic E-state index is 11.6. The molecule has 0 saturated heterocycles. The van der Waals surface area contributed by atoms with Gasteiger partial charge in [0, 0.05) is 4.90 Å². The van der Waals surface area contributed by atoms with Crippen molar-refractivity contribution < 1.29 is 4.79 Å². The number of benzene rings is 1. The van der Waals surface area contributed by atoms with E-state index in [4.69, 9.17) is 29.6 Å². The van der Waals surface area contributed by atoms with Crippen LogP contribution in [0.2, 0.25) is 10.0 Å². The quantitative estimate of drug-likeness (QED) is 0.681. The van der Waals surface area contributed by atoms with Crippen molar-refractivity contribution >= 4 is 40.9 Å². The molecule has 1 aromatic carbocycles. The molecule has 0 spiro atoms. The molecular formula is C12H11Cl2NOS. The molecule has 1 aromatic rings. The molecule has 1 rings (SSSR count). The van der Waals surface area contributed by atoms with E-state index in [1.54, 1.807) is 25.1 Å². The molecule has 0 radical (unpaired) electrons. The van der Waals surface area contributed by atoms with Crippen LogP contribution < -0.4 is 5.32 Å². The zero-order chi connectivity index (χ0) is 12.8. The molecule has 1 unspecified atom stereocenters. The summed E-state index contributed by atoms with van der Waals surface area (Å²) in [4.78, 5) is 12.3. The lowest BCUT2D eigenvalue weighted by atomic mass is 10.4. The molecule has 0 heterocycles. The summed E-state index contributed by atoms with van der Waals surface area (Å²) in [6, 6.07) is 5.24. The zero-order valence-corrected chi connectivity index (χ0v) is 11.5. The number of terminal acetylenes is 1. The largest absolute Gasteiger partial charge is 0.344 e. The van der Waals surface area contributed by atoms with Gasteiger partial charge in [0.15, 0.2) is 0 Å². The van der Waals surface area contributed by atoms with Crippen molar-refractivity contribution in [3.05, 3.63) is 28.2 Å². The molecule has 17 heavy (non-hydrogen) atoms. The van der Waals surface area contributed by atoms with E-state index in [2.05, 4.69) is 11.2 Å². The van der Waals surface area contributed by atoms with Gasteiger partial charge in [-0.3, -0.25) is 4.79 Å². The summed E-state index contributed by atoms with van der Waals surface area (Å²) < 4.78 is 0. The molecule has 0 aliphatic rings. The van der Waals surface area contributed by atoms with Gasteiger partial charge in [-0.25, -0.2) is 0 Å². The molecule has 1 N–H and O–H groups in total. The summed E-state index contributed by atoms with van der Waals surface area (Å²) in [6.07, 6.45) is 5.06. The van der Waals surface area contributed by atoms with E-state index in [0.717, 1.165) is 0 Å². The Hall–Kier alpha value is -0.820. The predicted octanol–water partition coefficient (Wildman–Crippen LogP) is 3.22. The van der Waals surface area contributed by atoms with Crippen LogP contribution in [0.25, 0.3) is 0 Å². The van der Waals surface area contributed by atoms with E-state index < -0.39 is 0 Å². The molecule has 0 saturated carbocycles. The third-order valence-corrected chi connectivity index (χ3v) is 4.04. The summed E-state index contributed by atoms with van der Waals surface area (Å²) in [6.45, 7) is 2.00. The molecule has 90 valence electrons. The molecular weight excluding hydrogens is 277 g/mol. The highest BCUT2D eigenvalue weighted by Crippen LogP contribution is 2.36. The number of hydrogen-bond acceptors (Lipinski definition) is 2. The molecule has 0 aliphatic carbocycles. The van der Waals surface area contributed by atoms with Gasteiger partial charge < -0.3 is 5.32 Å². The zero-order valence-electron chi connectivity index (χ0n) is 9.17. The van der Waals surface area contributed by atoms with Crippen LogP contribution >= 0.6 is 35.0 Å². The normalized spacial score (nSPS) is 11.6. The average molecular weight is 288 g/mol. The monoisotopic (exact) mass is 287 g/mol. The summed E-state index contributed by atoms with van der Waals surface area (Å²) in [5, 5.41) is 3.39. The van der Waals surface area contributed by atoms with Gasteiger partial charge in [0.1, 0.15) is 0 Å². The van der Waals surface area contributed by atoms with Gasteiger partial charge in [-0.1, -0.05) is 35.2 Å². The third-order valence-electron chi connectivity index (χ3n) is 1.95. The third kappa shape index (κ3) is 4.16. The van der Waals surface area contributed by atoms with Crippen LogP contribution in [0.15, 0.2) is 23.1 Å². The second-order valence-electron chi connectivity index (χ2n) is 3.23. The minimum Gasteiger partial charge on any atom is -0.344 e. The Labute approximate surface area is 115 Å². The maximum atomic E-state index is 11.6. The number of carbonyl (C=O) groups excluding carboxylic acids is 1. The smallest absolute Gasteiger partial charge is 0.233 e. The second kappa shape index (κ2) is 6.80. The minimum atomic E-state index is -0.305. The highest BCUT2D eigenvalue weighted by Gasteiger charge is 2.16. The lowest BCUT2D eigenvalue weighted by molar-refractivity contribution is -0.120. The molecule has 0 fully saturated rings. The van der Waals surface area contributed by atoms with E-state index >= 15 is 0 Å². The average Bonchev–Trinajstić information content (AvgIpc) is 2.30.